The highest BCUT2D eigenvalue weighted by molar-refractivity contribution is 8.13. The minimum atomic E-state index is -3.57. The fourth-order valence-corrected chi connectivity index (χ4v) is 2.93. The highest BCUT2D eigenvalue weighted by atomic mass is 35.7. The molecule has 4 nitrogen and oxygen atoms in total. The molecule has 0 fully saturated rings. The van der Waals surface area contributed by atoms with Gasteiger partial charge in [-0.2, -0.15) is 0 Å². The van der Waals surface area contributed by atoms with Crippen molar-refractivity contribution in [2.45, 2.75) is 25.5 Å². The molecule has 0 unspecified atom stereocenters. The van der Waals surface area contributed by atoms with E-state index in [2.05, 4.69) is 0 Å². The van der Waals surface area contributed by atoms with E-state index in [0.29, 0.717) is 30.3 Å². The largest absolute Gasteiger partial charge is 0.490 e. The van der Waals surface area contributed by atoms with Crippen LogP contribution >= 0.6 is 10.7 Å². The maximum absolute atomic E-state index is 11.2. The maximum Gasteiger partial charge on any atom is 0.236 e. The summed E-state index contributed by atoms with van der Waals surface area (Å²) in [6, 6.07) is 3.57. The summed E-state index contributed by atoms with van der Waals surface area (Å²) in [6.45, 7) is 3.15. The van der Waals surface area contributed by atoms with Gasteiger partial charge in [-0.25, -0.2) is 8.42 Å². The number of aryl methyl sites for hydroxylation is 1. The van der Waals surface area contributed by atoms with Crippen molar-refractivity contribution in [2.75, 3.05) is 13.2 Å². The van der Waals surface area contributed by atoms with Gasteiger partial charge in [-0.3, -0.25) is 0 Å². The summed E-state index contributed by atoms with van der Waals surface area (Å²) in [6.07, 6.45) is 1.54. The zero-order valence-corrected chi connectivity index (χ0v) is 11.7. The first-order chi connectivity index (χ1) is 8.49. The summed E-state index contributed by atoms with van der Waals surface area (Å²) >= 11 is 0. The molecule has 0 amide bonds. The predicted molar refractivity (Wildman–Crippen MR) is 69.9 cm³/mol. The average molecular weight is 291 g/mol. The van der Waals surface area contributed by atoms with Crippen molar-refractivity contribution in [1.29, 1.82) is 0 Å². The molecule has 18 heavy (non-hydrogen) atoms. The van der Waals surface area contributed by atoms with Gasteiger partial charge in [0.05, 0.1) is 19.0 Å². The molecular weight excluding hydrogens is 276 g/mol. The fraction of sp³-hybridized carbons (Fsp3) is 0.500. The molecule has 6 heteroatoms. The summed E-state index contributed by atoms with van der Waals surface area (Å²) < 4.78 is 33.5. The van der Waals surface area contributed by atoms with Gasteiger partial charge in [0.25, 0.3) is 0 Å². The van der Waals surface area contributed by atoms with Crippen LogP contribution in [0.25, 0.3) is 0 Å². The van der Waals surface area contributed by atoms with E-state index >= 15 is 0 Å². The average Bonchev–Trinajstić information content (AvgIpc) is 2.50. The van der Waals surface area contributed by atoms with Crippen LogP contribution in [0.4, 0.5) is 0 Å². The Kier molecular flexibility index (Phi) is 4.02. The quantitative estimate of drug-likeness (QED) is 0.803. The molecule has 0 aliphatic carbocycles. The van der Waals surface area contributed by atoms with Crippen molar-refractivity contribution < 1.29 is 17.9 Å². The number of hydrogen-bond acceptors (Lipinski definition) is 4. The van der Waals surface area contributed by atoms with Crippen molar-refractivity contribution in [2.24, 2.45) is 0 Å². The summed E-state index contributed by atoms with van der Waals surface area (Å²) in [5.41, 5.74) is 1.60. The minimum absolute atomic E-state index is 0.186. The Hall–Kier alpha value is -0.940. The first-order valence-corrected chi connectivity index (χ1v) is 8.31. The van der Waals surface area contributed by atoms with E-state index < -0.39 is 9.05 Å². The lowest BCUT2D eigenvalue weighted by molar-refractivity contribution is 0.297. The molecule has 1 aromatic carbocycles. The number of fused-ring (bicyclic) bond motifs is 1. The third-order valence-corrected chi connectivity index (χ3v) is 3.76. The van der Waals surface area contributed by atoms with Gasteiger partial charge >= 0.3 is 0 Å². The molecule has 1 heterocycles. The topological polar surface area (TPSA) is 52.6 Å². The Morgan fingerprint density at radius 1 is 1.17 bits per heavy atom. The second-order valence-corrected chi connectivity index (χ2v) is 6.93. The Morgan fingerprint density at radius 2 is 1.72 bits per heavy atom. The van der Waals surface area contributed by atoms with E-state index in [9.17, 15) is 8.42 Å². The van der Waals surface area contributed by atoms with Gasteiger partial charge in [0, 0.05) is 17.1 Å². The summed E-state index contributed by atoms with van der Waals surface area (Å²) in [4.78, 5) is 0. The van der Waals surface area contributed by atoms with Crippen molar-refractivity contribution in [3.63, 3.8) is 0 Å². The van der Waals surface area contributed by atoms with Crippen molar-refractivity contribution in [3.8, 4) is 11.5 Å². The molecule has 0 radical (unpaired) electrons. The lowest BCUT2D eigenvalue weighted by Crippen LogP contribution is -2.02. The van der Waals surface area contributed by atoms with Crippen LogP contribution in [0.3, 0.4) is 0 Å². The van der Waals surface area contributed by atoms with Crippen LogP contribution in [-0.4, -0.2) is 21.6 Å². The Morgan fingerprint density at radius 3 is 2.22 bits per heavy atom. The normalized spacial score (nSPS) is 15.2. The second kappa shape index (κ2) is 5.36. The predicted octanol–water partition coefficient (Wildman–Crippen LogP) is 2.48. The van der Waals surface area contributed by atoms with Crippen LogP contribution in [0.15, 0.2) is 12.1 Å². The third kappa shape index (κ3) is 3.29. The fourth-order valence-electron chi connectivity index (χ4n) is 1.94. The zero-order chi connectivity index (χ0) is 13.2. The molecule has 1 aliphatic heterocycles. The Labute approximate surface area is 111 Å². The van der Waals surface area contributed by atoms with Crippen LogP contribution in [0, 0.1) is 0 Å². The third-order valence-electron chi connectivity index (χ3n) is 2.78. The Balaban J connectivity index is 2.43. The van der Waals surface area contributed by atoms with Crippen LogP contribution in [0.5, 0.6) is 11.5 Å². The number of halogens is 1. The smallest absolute Gasteiger partial charge is 0.236 e. The molecule has 0 aromatic heterocycles. The highest BCUT2D eigenvalue weighted by Gasteiger charge is 2.17. The van der Waals surface area contributed by atoms with Gasteiger partial charge in [0.2, 0.25) is 9.05 Å². The molecule has 2 rings (SSSR count). The second-order valence-electron chi connectivity index (χ2n) is 4.15. The first kappa shape index (κ1) is 13.5. The van der Waals surface area contributed by atoms with Crippen molar-refractivity contribution >= 4 is 19.7 Å². The molecule has 0 atom stereocenters. The molecule has 0 spiro atoms. The van der Waals surface area contributed by atoms with Gasteiger partial charge in [0.1, 0.15) is 0 Å². The van der Waals surface area contributed by atoms with E-state index in [4.69, 9.17) is 20.2 Å². The van der Waals surface area contributed by atoms with E-state index in [1.807, 2.05) is 13.0 Å². The number of benzene rings is 1. The van der Waals surface area contributed by atoms with E-state index in [-0.39, 0.29) is 5.75 Å². The van der Waals surface area contributed by atoms with Crippen LogP contribution in [0.1, 0.15) is 24.5 Å². The van der Waals surface area contributed by atoms with Crippen molar-refractivity contribution in [1.82, 2.24) is 0 Å². The SMILES string of the molecule is CCc1cc2c(cc1CS(=O)(=O)Cl)OCCCO2. The van der Waals surface area contributed by atoms with Gasteiger partial charge in [0.15, 0.2) is 11.5 Å². The molecule has 0 bridgehead atoms. The van der Waals surface area contributed by atoms with Gasteiger partial charge < -0.3 is 9.47 Å². The van der Waals surface area contributed by atoms with Gasteiger partial charge in [-0.1, -0.05) is 6.92 Å². The van der Waals surface area contributed by atoms with Crippen LogP contribution < -0.4 is 9.47 Å². The number of rotatable bonds is 3. The molecule has 0 N–H and O–H groups in total. The molecule has 1 aromatic rings. The molecular formula is C12H15ClO4S. The van der Waals surface area contributed by atoms with E-state index in [1.54, 1.807) is 6.07 Å². The summed E-state index contributed by atoms with van der Waals surface area (Å²) in [7, 11) is 1.74. The zero-order valence-electron chi connectivity index (χ0n) is 10.1. The minimum Gasteiger partial charge on any atom is -0.490 e. The highest BCUT2D eigenvalue weighted by Crippen LogP contribution is 2.34. The standard InChI is InChI=1S/C12H15ClO4S/c1-2-9-6-11-12(17-5-3-4-16-11)7-10(9)8-18(13,14)15/h6-7H,2-5,8H2,1H3. The van der Waals surface area contributed by atoms with Gasteiger partial charge in [-0.05, 0) is 29.7 Å². The molecule has 0 saturated heterocycles. The van der Waals surface area contributed by atoms with E-state index in [0.717, 1.165) is 18.4 Å². The molecule has 1 aliphatic rings. The van der Waals surface area contributed by atoms with Crippen LogP contribution in [-0.2, 0) is 21.2 Å². The summed E-state index contributed by atoms with van der Waals surface area (Å²) in [5.74, 6) is 1.09. The number of hydrogen-bond donors (Lipinski definition) is 0. The maximum atomic E-state index is 11.2. The lowest BCUT2D eigenvalue weighted by Gasteiger charge is -2.13. The first-order valence-electron chi connectivity index (χ1n) is 5.83. The Bertz CT molecular complexity index is 539. The molecule has 0 saturated carbocycles. The van der Waals surface area contributed by atoms with Crippen LogP contribution in [0.2, 0.25) is 0 Å². The monoisotopic (exact) mass is 290 g/mol. The summed E-state index contributed by atoms with van der Waals surface area (Å²) in [5, 5.41) is 0. The van der Waals surface area contributed by atoms with Gasteiger partial charge in [-0.15, -0.1) is 0 Å². The van der Waals surface area contributed by atoms with Crippen molar-refractivity contribution in [3.05, 3.63) is 23.3 Å². The lowest BCUT2D eigenvalue weighted by atomic mass is 10.1. The molecule has 100 valence electrons. The number of ether oxygens (including phenoxy) is 2. The van der Waals surface area contributed by atoms with E-state index in [1.165, 1.54) is 0 Å².